The van der Waals surface area contributed by atoms with Gasteiger partial charge in [-0.3, -0.25) is 9.48 Å². The molecule has 1 amide bonds. The van der Waals surface area contributed by atoms with E-state index in [9.17, 15) is 18.0 Å². The Hall–Kier alpha value is -2.51. The highest BCUT2D eigenvalue weighted by molar-refractivity contribution is 5.94. The van der Waals surface area contributed by atoms with E-state index in [1.807, 2.05) is 19.4 Å². The number of amides is 1. The van der Waals surface area contributed by atoms with E-state index in [2.05, 4.69) is 9.84 Å². The Morgan fingerprint density at radius 1 is 1.28 bits per heavy atom. The maximum Gasteiger partial charge on any atom is 0.573 e. The first kappa shape index (κ1) is 17.3. The van der Waals surface area contributed by atoms with E-state index in [1.165, 1.54) is 12.1 Å². The summed E-state index contributed by atoms with van der Waals surface area (Å²) in [6.07, 6.45) is 0.869. The minimum Gasteiger partial charge on any atom is -0.406 e. The van der Waals surface area contributed by atoms with E-state index in [0.717, 1.165) is 30.5 Å². The third-order valence-corrected chi connectivity index (χ3v) is 4.24. The first-order valence-corrected chi connectivity index (χ1v) is 7.95. The van der Waals surface area contributed by atoms with Crippen LogP contribution in [-0.2, 0) is 7.05 Å². The Kier molecular flexibility index (Phi) is 4.69. The summed E-state index contributed by atoms with van der Waals surface area (Å²) in [4.78, 5) is 14.4. The van der Waals surface area contributed by atoms with Crippen LogP contribution in [0.2, 0.25) is 0 Å². The Bertz CT molecular complexity index is 740. The highest BCUT2D eigenvalue weighted by atomic mass is 19.4. The van der Waals surface area contributed by atoms with E-state index < -0.39 is 6.36 Å². The molecule has 0 saturated carbocycles. The summed E-state index contributed by atoms with van der Waals surface area (Å²) in [5.74, 6) is -0.303. The Morgan fingerprint density at radius 2 is 2.00 bits per heavy atom. The molecule has 1 saturated heterocycles. The van der Waals surface area contributed by atoms with E-state index in [-0.39, 0.29) is 17.6 Å². The minimum absolute atomic E-state index is 0.188. The van der Waals surface area contributed by atoms with Gasteiger partial charge in [0.05, 0.1) is 6.20 Å². The summed E-state index contributed by atoms with van der Waals surface area (Å²) in [5.41, 5.74) is 1.44. The van der Waals surface area contributed by atoms with Crippen LogP contribution in [0.1, 0.15) is 34.7 Å². The number of ether oxygens (including phenoxy) is 1. The van der Waals surface area contributed by atoms with E-state index in [1.54, 1.807) is 9.58 Å². The van der Waals surface area contributed by atoms with Crippen molar-refractivity contribution in [1.29, 1.82) is 0 Å². The lowest BCUT2D eigenvalue weighted by molar-refractivity contribution is -0.274. The standard InChI is InChI=1S/C17H18F3N3O2/c1-22-10-14(9-21-22)13-3-2-8-23(11-13)16(24)12-4-6-15(7-5-12)25-17(18,19)20/h4-7,9-10,13H,2-3,8,11H2,1H3. The number of rotatable bonds is 3. The fourth-order valence-electron chi connectivity index (χ4n) is 3.07. The summed E-state index contributed by atoms with van der Waals surface area (Å²) in [6, 6.07) is 5.03. The lowest BCUT2D eigenvalue weighted by Gasteiger charge is -2.32. The number of piperidine rings is 1. The summed E-state index contributed by atoms with van der Waals surface area (Å²) in [5, 5.41) is 4.17. The topological polar surface area (TPSA) is 47.4 Å². The van der Waals surface area contributed by atoms with Gasteiger partial charge in [-0.15, -0.1) is 13.2 Å². The number of nitrogens with zero attached hydrogens (tertiary/aromatic N) is 3. The molecule has 5 nitrogen and oxygen atoms in total. The molecule has 1 unspecified atom stereocenters. The second kappa shape index (κ2) is 6.78. The predicted octanol–water partition coefficient (Wildman–Crippen LogP) is 3.34. The molecule has 0 spiro atoms. The van der Waals surface area contributed by atoms with Gasteiger partial charge < -0.3 is 9.64 Å². The second-order valence-corrected chi connectivity index (χ2v) is 6.11. The van der Waals surface area contributed by atoms with Crippen molar-refractivity contribution in [2.45, 2.75) is 25.1 Å². The second-order valence-electron chi connectivity index (χ2n) is 6.11. The third kappa shape index (κ3) is 4.32. The quantitative estimate of drug-likeness (QED) is 0.850. The monoisotopic (exact) mass is 353 g/mol. The molecule has 0 N–H and O–H groups in total. The zero-order chi connectivity index (χ0) is 18.0. The highest BCUT2D eigenvalue weighted by Gasteiger charge is 2.31. The van der Waals surface area contributed by atoms with Gasteiger partial charge in [-0.25, -0.2) is 0 Å². The van der Waals surface area contributed by atoms with Gasteiger partial charge in [-0.1, -0.05) is 0 Å². The van der Waals surface area contributed by atoms with Crippen LogP contribution in [0.25, 0.3) is 0 Å². The number of likely N-dealkylation sites (tertiary alicyclic amines) is 1. The average Bonchev–Trinajstić information content (AvgIpc) is 3.00. The van der Waals surface area contributed by atoms with E-state index in [0.29, 0.717) is 18.7 Å². The van der Waals surface area contributed by atoms with Gasteiger partial charge in [-0.05, 0) is 42.7 Å². The summed E-state index contributed by atoms with van der Waals surface area (Å²) in [7, 11) is 1.85. The number of hydrogen-bond acceptors (Lipinski definition) is 3. The molecule has 3 rings (SSSR count). The fourth-order valence-corrected chi connectivity index (χ4v) is 3.07. The number of carbonyl (C=O) groups excluding carboxylic acids is 1. The zero-order valence-corrected chi connectivity index (χ0v) is 13.7. The largest absolute Gasteiger partial charge is 0.573 e. The Morgan fingerprint density at radius 3 is 2.60 bits per heavy atom. The van der Waals surface area contributed by atoms with Crippen LogP contribution in [0.15, 0.2) is 36.7 Å². The summed E-state index contributed by atoms with van der Waals surface area (Å²) < 4.78 is 42.1. The fraction of sp³-hybridized carbons (Fsp3) is 0.412. The van der Waals surface area contributed by atoms with Gasteiger partial charge in [0, 0.05) is 37.8 Å². The maximum atomic E-state index is 12.6. The number of aromatic nitrogens is 2. The van der Waals surface area contributed by atoms with Crippen LogP contribution in [0, 0.1) is 0 Å². The van der Waals surface area contributed by atoms with Crippen LogP contribution in [0.4, 0.5) is 13.2 Å². The van der Waals surface area contributed by atoms with Gasteiger partial charge in [0.15, 0.2) is 0 Å². The molecular formula is C17H18F3N3O2. The van der Waals surface area contributed by atoms with E-state index >= 15 is 0 Å². The maximum absolute atomic E-state index is 12.6. The van der Waals surface area contributed by atoms with Crippen LogP contribution in [0.3, 0.4) is 0 Å². The van der Waals surface area contributed by atoms with Gasteiger partial charge >= 0.3 is 6.36 Å². The first-order valence-electron chi connectivity index (χ1n) is 7.95. The number of alkyl halides is 3. The van der Waals surface area contributed by atoms with Crippen molar-refractivity contribution < 1.29 is 22.7 Å². The zero-order valence-electron chi connectivity index (χ0n) is 13.7. The number of carbonyl (C=O) groups is 1. The molecule has 134 valence electrons. The van der Waals surface area contributed by atoms with Gasteiger partial charge in [0.1, 0.15) is 5.75 Å². The molecule has 25 heavy (non-hydrogen) atoms. The summed E-state index contributed by atoms with van der Waals surface area (Å²) in [6.45, 7) is 1.21. The Labute approximate surface area is 143 Å². The highest BCUT2D eigenvalue weighted by Crippen LogP contribution is 2.28. The smallest absolute Gasteiger partial charge is 0.406 e. The summed E-state index contributed by atoms with van der Waals surface area (Å²) >= 11 is 0. The van der Waals surface area contributed by atoms with Crippen molar-refractivity contribution >= 4 is 5.91 Å². The predicted molar refractivity (Wildman–Crippen MR) is 84.2 cm³/mol. The van der Waals surface area contributed by atoms with Crippen molar-refractivity contribution in [2.24, 2.45) is 7.05 Å². The lowest BCUT2D eigenvalue weighted by Crippen LogP contribution is -2.39. The van der Waals surface area contributed by atoms with Gasteiger partial charge in [0.2, 0.25) is 0 Å². The van der Waals surface area contributed by atoms with Gasteiger partial charge in [-0.2, -0.15) is 5.10 Å². The molecule has 2 heterocycles. The lowest BCUT2D eigenvalue weighted by atomic mass is 9.92. The molecule has 2 aromatic rings. The molecule has 0 bridgehead atoms. The molecule has 1 aromatic carbocycles. The average molecular weight is 353 g/mol. The molecule has 1 atom stereocenters. The van der Waals surface area contributed by atoms with Crippen molar-refractivity contribution in [1.82, 2.24) is 14.7 Å². The number of halogens is 3. The van der Waals surface area contributed by atoms with Crippen LogP contribution in [0.5, 0.6) is 5.75 Å². The third-order valence-electron chi connectivity index (χ3n) is 4.24. The minimum atomic E-state index is -4.74. The van der Waals surface area contributed by atoms with Crippen molar-refractivity contribution in [3.05, 3.63) is 47.8 Å². The van der Waals surface area contributed by atoms with Crippen molar-refractivity contribution in [2.75, 3.05) is 13.1 Å². The first-order chi connectivity index (χ1) is 11.8. The molecule has 1 aromatic heterocycles. The van der Waals surface area contributed by atoms with Crippen LogP contribution < -0.4 is 4.74 Å². The van der Waals surface area contributed by atoms with Crippen molar-refractivity contribution in [3.63, 3.8) is 0 Å². The van der Waals surface area contributed by atoms with Crippen LogP contribution >= 0.6 is 0 Å². The molecule has 1 aliphatic rings. The van der Waals surface area contributed by atoms with E-state index in [4.69, 9.17) is 0 Å². The SMILES string of the molecule is Cn1cc(C2CCCN(C(=O)c3ccc(OC(F)(F)F)cc3)C2)cn1. The number of hydrogen-bond donors (Lipinski definition) is 0. The number of benzene rings is 1. The Balaban J connectivity index is 1.67. The van der Waals surface area contributed by atoms with Gasteiger partial charge in [0.25, 0.3) is 5.91 Å². The molecular weight excluding hydrogens is 335 g/mol. The molecule has 0 radical (unpaired) electrons. The number of aryl methyl sites for hydroxylation is 1. The molecule has 1 aliphatic heterocycles. The molecule has 0 aliphatic carbocycles. The van der Waals surface area contributed by atoms with Crippen molar-refractivity contribution in [3.8, 4) is 5.75 Å². The molecule has 1 fully saturated rings. The van der Waals surface area contributed by atoms with Crippen LogP contribution in [-0.4, -0.2) is 40.0 Å². The molecule has 8 heteroatoms. The normalized spacial score (nSPS) is 18.2.